The lowest BCUT2D eigenvalue weighted by molar-refractivity contribution is -0.146. The van der Waals surface area contributed by atoms with Crippen LogP contribution in [0, 0.1) is 11.3 Å². The number of carbonyl (C=O) groups excluding carboxylic acids is 2. The summed E-state index contributed by atoms with van der Waals surface area (Å²) in [5, 5.41) is 1.15. The Morgan fingerprint density at radius 3 is 2.81 bits per heavy atom. The molecule has 1 aromatic carbocycles. The largest absolute Gasteiger partial charge is 0.342 e. The first kappa shape index (κ1) is 16.8. The van der Waals surface area contributed by atoms with Gasteiger partial charge in [-0.1, -0.05) is 18.2 Å². The zero-order chi connectivity index (χ0) is 18.4. The number of hydrogen-bond donors (Lipinski definition) is 0. The second-order valence-electron chi connectivity index (χ2n) is 8.65. The Hall–Kier alpha value is -2.30. The van der Waals surface area contributed by atoms with Crippen LogP contribution in [0.5, 0.6) is 0 Å². The van der Waals surface area contributed by atoms with E-state index in [0.717, 1.165) is 49.2 Å². The molecule has 3 aliphatic rings. The van der Waals surface area contributed by atoms with Crippen LogP contribution in [-0.4, -0.2) is 52.4 Å². The molecule has 2 aliphatic heterocycles. The predicted molar refractivity (Wildman–Crippen MR) is 104 cm³/mol. The summed E-state index contributed by atoms with van der Waals surface area (Å²) in [5.41, 5.74) is 0.769. The minimum Gasteiger partial charge on any atom is -0.342 e. The van der Waals surface area contributed by atoms with Gasteiger partial charge in [0.15, 0.2) is 0 Å². The van der Waals surface area contributed by atoms with Crippen LogP contribution >= 0.6 is 0 Å². The molecule has 0 bridgehead atoms. The minimum absolute atomic E-state index is 0.125. The van der Waals surface area contributed by atoms with E-state index in [2.05, 4.69) is 23.1 Å². The molecule has 1 aromatic heterocycles. The molecule has 142 valence electrons. The summed E-state index contributed by atoms with van der Waals surface area (Å²) in [5.74, 6) is 1.16. The molecular formula is C22H27N3O2. The van der Waals surface area contributed by atoms with Gasteiger partial charge >= 0.3 is 0 Å². The van der Waals surface area contributed by atoms with Crippen molar-refractivity contribution in [2.24, 2.45) is 11.3 Å². The third-order valence-electron chi connectivity index (χ3n) is 6.69. The van der Waals surface area contributed by atoms with E-state index in [1.54, 1.807) is 0 Å². The standard InChI is InChI=1S/C22H27N3O2/c26-20(15-23-12-8-18-4-1-2-5-19(18)23)25-13-10-22(16-25)9-3-11-24(21(22)27)14-17-6-7-17/h1-2,4-5,8,12,17H,3,6-7,9-11,13-16H2/t22-/m1/s1. The summed E-state index contributed by atoms with van der Waals surface area (Å²) in [6.07, 6.45) is 7.35. The zero-order valence-electron chi connectivity index (χ0n) is 15.8. The van der Waals surface area contributed by atoms with E-state index in [0.29, 0.717) is 25.5 Å². The molecule has 27 heavy (non-hydrogen) atoms. The first-order valence-corrected chi connectivity index (χ1v) is 10.3. The van der Waals surface area contributed by atoms with Crippen LogP contribution in [0.25, 0.3) is 10.9 Å². The van der Waals surface area contributed by atoms with Gasteiger partial charge in [-0.25, -0.2) is 0 Å². The maximum Gasteiger partial charge on any atom is 0.242 e. The first-order valence-electron chi connectivity index (χ1n) is 10.3. The monoisotopic (exact) mass is 365 g/mol. The second kappa shape index (κ2) is 6.39. The highest BCUT2D eigenvalue weighted by Gasteiger charge is 2.49. The van der Waals surface area contributed by atoms with Gasteiger partial charge < -0.3 is 14.4 Å². The summed E-state index contributed by atoms with van der Waals surface area (Å²) in [4.78, 5) is 30.1. The van der Waals surface area contributed by atoms with Gasteiger partial charge in [0.05, 0.1) is 5.41 Å². The molecule has 1 saturated carbocycles. The fourth-order valence-corrected chi connectivity index (χ4v) is 4.93. The molecule has 5 rings (SSSR count). The highest BCUT2D eigenvalue weighted by Crippen LogP contribution is 2.41. The van der Waals surface area contributed by atoms with Crippen LogP contribution in [0.4, 0.5) is 0 Å². The molecule has 1 aliphatic carbocycles. The highest BCUT2D eigenvalue weighted by molar-refractivity contribution is 5.87. The molecule has 0 unspecified atom stereocenters. The zero-order valence-corrected chi connectivity index (χ0v) is 15.8. The molecule has 5 nitrogen and oxygen atoms in total. The van der Waals surface area contributed by atoms with Gasteiger partial charge in [0.25, 0.3) is 0 Å². The van der Waals surface area contributed by atoms with Crippen molar-refractivity contribution in [3.8, 4) is 0 Å². The molecule has 2 saturated heterocycles. The molecular weight excluding hydrogens is 338 g/mol. The van der Waals surface area contributed by atoms with Crippen LogP contribution in [0.15, 0.2) is 36.5 Å². The minimum atomic E-state index is -0.318. The number of aromatic nitrogens is 1. The molecule has 1 spiro atoms. The van der Waals surface area contributed by atoms with E-state index in [4.69, 9.17) is 0 Å². The number of piperidine rings is 1. The number of carbonyl (C=O) groups is 2. The summed E-state index contributed by atoms with van der Waals surface area (Å²) in [7, 11) is 0. The van der Waals surface area contributed by atoms with E-state index < -0.39 is 0 Å². The SMILES string of the molecule is O=C(Cn1ccc2ccccc21)N1CC[C@]2(CCCN(CC3CC3)C2=O)C1. The number of amides is 2. The Balaban J connectivity index is 1.28. The van der Waals surface area contributed by atoms with Crippen molar-refractivity contribution in [2.45, 2.75) is 38.6 Å². The molecule has 1 atom stereocenters. The number of hydrogen-bond acceptors (Lipinski definition) is 2. The summed E-state index contributed by atoms with van der Waals surface area (Å²) < 4.78 is 2.02. The number of benzene rings is 1. The highest BCUT2D eigenvalue weighted by atomic mass is 16.2. The van der Waals surface area contributed by atoms with Gasteiger partial charge in [-0.2, -0.15) is 0 Å². The Labute approximate surface area is 159 Å². The van der Waals surface area contributed by atoms with E-state index in [-0.39, 0.29) is 11.3 Å². The lowest BCUT2D eigenvalue weighted by Gasteiger charge is -2.39. The van der Waals surface area contributed by atoms with Crippen molar-refractivity contribution in [3.05, 3.63) is 36.5 Å². The first-order chi connectivity index (χ1) is 13.1. The van der Waals surface area contributed by atoms with Gasteiger partial charge in [-0.15, -0.1) is 0 Å². The van der Waals surface area contributed by atoms with Crippen molar-refractivity contribution in [1.82, 2.24) is 14.4 Å². The van der Waals surface area contributed by atoms with Gasteiger partial charge in [0.2, 0.25) is 11.8 Å². The lowest BCUT2D eigenvalue weighted by Crippen LogP contribution is -2.51. The van der Waals surface area contributed by atoms with Crippen molar-refractivity contribution >= 4 is 22.7 Å². The molecule has 0 N–H and O–H groups in total. The molecule has 5 heteroatoms. The van der Waals surface area contributed by atoms with Crippen LogP contribution in [0.3, 0.4) is 0 Å². The molecule has 3 heterocycles. The van der Waals surface area contributed by atoms with E-state index >= 15 is 0 Å². The predicted octanol–water partition coefficient (Wildman–Crippen LogP) is 2.89. The maximum absolute atomic E-state index is 13.2. The van der Waals surface area contributed by atoms with Crippen LogP contribution in [-0.2, 0) is 16.1 Å². The molecule has 3 fully saturated rings. The Morgan fingerprint density at radius 1 is 1.11 bits per heavy atom. The topological polar surface area (TPSA) is 45.6 Å². The van der Waals surface area contributed by atoms with E-state index in [9.17, 15) is 9.59 Å². The maximum atomic E-state index is 13.2. The van der Waals surface area contributed by atoms with Crippen LogP contribution < -0.4 is 0 Å². The summed E-state index contributed by atoms with van der Waals surface area (Å²) in [6, 6.07) is 10.2. The summed E-state index contributed by atoms with van der Waals surface area (Å²) >= 11 is 0. The number of nitrogens with zero attached hydrogens (tertiary/aromatic N) is 3. The average Bonchev–Trinajstić information content (AvgIpc) is 3.25. The smallest absolute Gasteiger partial charge is 0.242 e. The third-order valence-corrected chi connectivity index (χ3v) is 6.69. The fourth-order valence-electron chi connectivity index (χ4n) is 4.93. The van der Waals surface area contributed by atoms with Crippen molar-refractivity contribution in [1.29, 1.82) is 0 Å². The number of fused-ring (bicyclic) bond motifs is 1. The van der Waals surface area contributed by atoms with Crippen molar-refractivity contribution in [3.63, 3.8) is 0 Å². The lowest BCUT2D eigenvalue weighted by atomic mass is 9.78. The third kappa shape index (κ3) is 3.03. The van der Waals surface area contributed by atoms with E-state index in [1.807, 2.05) is 27.8 Å². The van der Waals surface area contributed by atoms with Gasteiger partial charge in [0.1, 0.15) is 6.54 Å². The number of rotatable bonds is 4. The van der Waals surface area contributed by atoms with Crippen LogP contribution in [0.2, 0.25) is 0 Å². The molecule has 0 radical (unpaired) electrons. The van der Waals surface area contributed by atoms with E-state index in [1.165, 1.54) is 12.8 Å². The van der Waals surface area contributed by atoms with Crippen molar-refractivity contribution < 1.29 is 9.59 Å². The van der Waals surface area contributed by atoms with Crippen molar-refractivity contribution in [2.75, 3.05) is 26.2 Å². The normalized spacial score (nSPS) is 25.7. The quantitative estimate of drug-likeness (QED) is 0.836. The summed E-state index contributed by atoms with van der Waals surface area (Å²) in [6.45, 7) is 3.50. The number of likely N-dealkylation sites (tertiary alicyclic amines) is 2. The van der Waals surface area contributed by atoms with Gasteiger partial charge in [-0.05, 0) is 55.5 Å². The fraction of sp³-hybridized carbons (Fsp3) is 0.545. The Bertz CT molecular complexity index is 885. The Morgan fingerprint density at radius 2 is 1.96 bits per heavy atom. The van der Waals surface area contributed by atoms with Gasteiger partial charge in [-0.3, -0.25) is 9.59 Å². The average molecular weight is 365 g/mol. The molecule has 2 amide bonds. The van der Waals surface area contributed by atoms with Gasteiger partial charge in [0, 0.05) is 37.9 Å². The second-order valence-corrected chi connectivity index (χ2v) is 8.65. The molecule has 2 aromatic rings. The Kier molecular flexibility index (Phi) is 3.99. The van der Waals surface area contributed by atoms with Crippen LogP contribution in [0.1, 0.15) is 32.1 Å². The number of para-hydroxylation sites is 1.